The van der Waals surface area contributed by atoms with Crippen LogP contribution in [0.25, 0.3) is 11.3 Å². The van der Waals surface area contributed by atoms with Crippen molar-refractivity contribution in [2.75, 3.05) is 0 Å². The number of nitrogens with one attached hydrogen (secondary N) is 2. The standard InChI is InChI=1S/C19H17N3OS/c24-19(20-13-15-7-3-1-4-8-15)22-21-14-17-11-12-18(23-17)16-9-5-2-6-10-16/h1-12,14H,13H2,(H2,20,22,24)/b21-14-. The number of furan rings is 1. The average Bonchev–Trinajstić information content (AvgIpc) is 3.11. The van der Waals surface area contributed by atoms with Gasteiger partial charge in [-0.15, -0.1) is 0 Å². The molecule has 0 amide bonds. The van der Waals surface area contributed by atoms with Crippen molar-refractivity contribution in [2.24, 2.45) is 5.10 Å². The average molecular weight is 335 g/mol. The van der Waals surface area contributed by atoms with Crippen molar-refractivity contribution < 1.29 is 4.42 Å². The zero-order valence-electron chi connectivity index (χ0n) is 13.0. The van der Waals surface area contributed by atoms with E-state index < -0.39 is 0 Å². The summed E-state index contributed by atoms with van der Waals surface area (Å²) in [6.45, 7) is 0.654. The van der Waals surface area contributed by atoms with Gasteiger partial charge in [-0.25, -0.2) is 0 Å². The van der Waals surface area contributed by atoms with Gasteiger partial charge in [-0.05, 0) is 29.9 Å². The van der Waals surface area contributed by atoms with Crippen molar-refractivity contribution in [1.82, 2.24) is 10.7 Å². The molecule has 4 nitrogen and oxygen atoms in total. The Bertz CT molecular complexity index is 813. The molecule has 0 bridgehead atoms. The van der Waals surface area contributed by atoms with E-state index in [2.05, 4.69) is 15.8 Å². The number of rotatable bonds is 5. The number of nitrogens with zero attached hydrogens (tertiary/aromatic N) is 1. The van der Waals surface area contributed by atoms with Crippen LogP contribution in [0.3, 0.4) is 0 Å². The fraction of sp³-hybridized carbons (Fsp3) is 0.0526. The molecule has 0 aliphatic carbocycles. The third-order valence-corrected chi connectivity index (χ3v) is 3.57. The van der Waals surface area contributed by atoms with Gasteiger partial charge in [-0.2, -0.15) is 5.10 Å². The smallest absolute Gasteiger partial charge is 0.187 e. The van der Waals surface area contributed by atoms with Gasteiger partial charge in [0, 0.05) is 12.1 Å². The quantitative estimate of drug-likeness (QED) is 0.421. The lowest BCUT2D eigenvalue weighted by Crippen LogP contribution is -2.31. The topological polar surface area (TPSA) is 49.6 Å². The molecule has 0 saturated heterocycles. The molecule has 3 rings (SSSR count). The van der Waals surface area contributed by atoms with Gasteiger partial charge in [0.1, 0.15) is 11.5 Å². The van der Waals surface area contributed by atoms with Crippen LogP contribution in [0.5, 0.6) is 0 Å². The number of hydrazone groups is 1. The summed E-state index contributed by atoms with van der Waals surface area (Å²) in [6, 6.07) is 23.8. The molecule has 0 saturated carbocycles. The van der Waals surface area contributed by atoms with Crippen molar-refractivity contribution in [3.8, 4) is 11.3 Å². The largest absolute Gasteiger partial charge is 0.455 e. The van der Waals surface area contributed by atoms with Crippen LogP contribution in [-0.2, 0) is 6.54 Å². The maximum absolute atomic E-state index is 5.73. The maximum Gasteiger partial charge on any atom is 0.187 e. The summed E-state index contributed by atoms with van der Waals surface area (Å²) in [7, 11) is 0. The molecule has 1 heterocycles. The zero-order valence-corrected chi connectivity index (χ0v) is 13.8. The highest BCUT2D eigenvalue weighted by molar-refractivity contribution is 7.80. The fourth-order valence-electron chi connectivity index (χ4n) is 2.15. The Hall–Kier alpha value is -2.92. The highest BCUT2D eigenvalue weighted by Gasteiger charge is 2.02. The van der Waals surface area contributed by atoms with E-state index in [1.54, 1.807) is 6.21 Å². The second-order valence-electron chi connectivity index (χ2n) is 5.11. The third-order valence-electron chi connectivity index (χ3n) is 3.34. The minimum Gasteiger partial charge on any atom is -0.455 e. The lowest BCUT2D eigenvalue weighted by Gasteiger charge is -2.06. The maximum atomic E-state index is 5.73. The molecule has 1 aromatic heterocycles. The van der Waals surface area contributed by atoms with E-state index >= 15 is 0 Å². The highest BCUT2D eigenvalue weighted by atomic mass is 32.1. The van der Waals surface area contributed by atoms with Gasteiger partial charge in [-0.1, -0.05) is 60.7 Å². The molecule has 0 radical (unpaired) electrons. The van der Waals surface area contributed by atoms with Crippen LogP contribution in [0.2, 0.25) is 0 Å². The highest BCUT2D eigenvalue weighted by Crippen LogP contribution is 2.20. The SMILES string of the molecule is S=C(NCc1ccccc1)N/N=C\c1ccc(-c2ccccc2)o1. The Morgan fingerprint density at radius 2 is 1.67 bits per heavy atom. The van der Waals surface area contributed by atoms with E-state index in [1.807, 2.05) is 72.8 Å². The summed E-state index contributed by atoms with van der Waals surface area (Å²) < 4.78 is 5.73. The van der Waals surface area contributed by atoms with Crippen LogP contribution in [0, 0.1) is 0 Å². The van der Waals surface area contributed by atoms with Gasteiger partial charge in [0.05, 0.1) is 6.21 Å². The van der Waals surface area contributed by atoms with E-state index in [-0.39, 0.29) is 0 Å². The van der Waals surface area contributed by atoms with E-state index in [4.69, 9.17) is 16.6 Å². The van der Waals surface area contributed by atoms with Crippen molar-refractivity contribution in [3.05, 3.63) is 84.1 Å². The number of thiocarbonyl (C=S) groups is 1. The first-order chi connectivity index (χ1) is 11.8. The Kier molecular flexibility index (Phi) is 5.37. The predicted molar refractivity (Wildman–Crippen MR) is 101 cm³/mol. The van der Waals surface area contributed by atoms with Gasteiger partial charge in [0.25, 0.3) is 0 Å². The monoisotopic (exact) mass is 335 g/mol. The number of benzene rings is 2. The van der Waals surface area contributed by atoms with E-state index in [0.717, 1.165) is 16.9 Å². The van der Waals surface area contributed by atoms with Gasteiger partial charge in [-0.3, -0.25) is 5.43 Å². The Morgan fingerprint density at radius 3 is 2.42 bits per heavy atom. The minimum absolute atomic E-state index is 0.463. The Morgan fingerprint density at radius 1 is 0.958 bits per heavy atom. The first kappa shape index (κ1) is 16.0. The van der Waals surface area contributed by atoms with Crippen LogP contribution in [0.1, 0.15) is 11.3 Å². The van der Waals surface area contributed by atoms with Crippen molar-refractivity contribution >= 4 is 23.5 Å². The Balaban J connectivity index is 1.49. The number of hydrogen-bond acceptors (Lipinski definition) is 3. The molecule has 0 unspecified atom stereocenters. The Labute approximate surface area is 146 Å². The first-order valence-corrected chi connectivity index (χ1v) is 7.98. The summed E-state index contributed by atoms with van der Waals surface area (Å²) in [5, 5.41) is 7.64. The minimum atomic E-state index is 0.463. The zero-order chi connectivity index (χ0) is 16.6. The lowest BCUT2D eigenvalue weighted by molar-refractivity contribution is 0.574. The van der Waals surface area contributed by atoms with Crippen LogP contribution in [0.15, 0.2) is 82.3 Å². The molecule has 5 heteroatoms. The van der Waals surface area contributed by atoms with Crippen LogP contribution in [-0.4, -0.2) is 11.3 Å². The molecule has 3 aromatic rings. The van der Waals surface area contributed by atoms with Crippen molar-refractivity contribution in [1.29, 1.82) is 0 Å². The van der Waals surface area contributed by atoms with Gasteiger partial charge in [0.15, 0.2) is 5.11 Å². The molecule has 0 spiro atoms. The van der Waals surface area contributed by atoms with Gasteiger partial charge in [0.2, 0.25) is 0 Å². The first-order valence-electron chi connectivity index (χ1n) is 7.57. The van der Waals surface area contributed by atoms with E-state index in [9.17, 15) is 0 Å². The van der Waals surface area contributed by atoms with Crippen molar-refractivity contribution in [3.63, 3.8) is 0 Å². The van der Waals surface area contributed by atoms with Crippen LogP contribution >= 0.6 is 12.2 Å². The molecule has 2 aromatic carbocycles. The summed E-state index contributed by atoms with van der Waals surface area (Å²) in [5.74, 6) is 1.47. The molecule has 2 N–H and O–H groups in total. The normalized spacial score (nSPS) is 10.7. The summed E-state index contributed by atoms with van der Waals surface area (Å²) in [4.78, 5) is 0. The summed E-state index contributed by atoms with van der Waals surface area (Å²) in [6.07, 6.45) is 1.60. The molecular formula is C19H17N3OS. The lowest BCUT2D eigenvalue weighted by atomic mass is 10.2. The molecule has 0 fully saturated rings. The van der Waals surface area contributed by atoms with Gasteiger partial charge >= 0.3 is 0 Å². The summed E-state index contributed by atoms with van der Waals surface area (Å²) in [5.41, 5.74) is 4.97. The predicted octanol–water partition coefficient (Wildman–Crippen LogP) is 3.94. The molecule has 24 heavy (non-hydrogen) atoms. The molecular weight excluding hydrogens is 318 g/mol. The van der Waals surface area contributed by atoms with Crippen LogP contribution < -0.4 is 10.7 Å². The second kappa shape index (κ2) is 8.08. The van der Waals surface area contributed by atoms with Crippen molar-refractivity contribution in [2.45, 2.75) is 6.54 Å². The van der Waals surface area contributed by atoms with Crippen LogP contribution in [0.4, 0.5) is 0 Å². The third kappa shape index (κ3) is 4.54. The molecule has 0 atom stereocenters. The number of hydrogen-bond donors (Lipinski definition) is 2. The van der Waals surface area contributed by atoms with Gasteiger partial charge < -0.3 is 9.73 Å². The summed E-state index contributed by atoms with van der Waals surface area (Å²) >= 11 is 5.18. The van der Waals surface area contributed by atoms with E-state index in [1.165, 1.54) is 0 Å². The van der Waals surface area contributed by atoms with E-state index in [0.29, 0.717) is 17.4 Å². The molecule has 0 aliphatic rings. The molecule has 120 valence electrons. The fourth-order valence-corrected chi connectivity index (χ4v) is 2.28. The second-order valence-corrected chi connectivity index (χ2v) is 5.51. The molecule has 0 aliphatic heterocycles.